The molecule has 1 heterocycles. The number of hydrogen-bond acceptors (Lipinski definition) is 4. The van der Waals surface area contributed by atoms with Gasteiger partial charge in [-0.3, -0.25) is 15.1 Å². The van der Waals surface area contributed by atoms with Crippen LogP contribution in [0.1, 0.15) is 17.0 Å². The lowest BCUT2D eigenvalue weighted by Crippen LogP contribution is -2.03. The monoisotopic (exact) mass is 326 g/mol. The molecule has 2 rings (SSSR count). The zero-order valence-electron chi connectivity index (χ0n) is 11.2. The highest BCUT2D eigenvalue weighted by Gasteiger charge is 2.15. The highest BCUT2D eigenvalue weighted by Crippen LogP contribution is 2.26. The van der Waals surface area contributed by atoms with E-state index in [1.165, 1.54) is 18.2 Å². The van der Waals surface area contributed by atoms with Crippen molar-refractivity contribution < 1.29 is 9.66 Å². The molecule has 7 heteroatoms. The molecule has 0 saturated carbocycles. The number of nitro groups is 1. The fourth-order valence-corrected chi connectivity index (χ4v) is 2.21. The van der Waals surface area contributed by atoms with Crippen molar-refractivity contribution in [2.45, 2.75) is 19.4 Å². The van der Waals surface area contributed by atoms with Gasteiger partial charge in [-0.25, -0.2) is 0 Å². The van der Waals surface area contributed by atoms with Crippen molar-refractivity contribution >= 4 is 28.9 Å². The van der Waals surface area contributed by atoms with E-state index in [2.05, 4.69) is 4.98 Å². The first-order valence-electron chi connectivity index (χ1n) is 6.09. The van der Waals surface area contributed by atoms with Crippen LogP contribution < -0.4 is 4.74 Å². The number of alkyl halides is 1. The highest BCUT2D eigenvalue weighted by molar-refractivity contribution is 6.30. The number of halogens is 2. The molecular formula is C14H12Cl2N2O3. The van der Waals surface area contributed by atoms with Gasteiger partial charge in [0.15, 0.2) is 0 Å². The Labute approximate surface area is 131 Å². The molecule has 110 valence electrons. The molecular weight excluding hydrogens is 315 g/mol. The van der Waals surface area contributed by atoms with Crippen molar-refractivity contribution in [3.8, 4) is 5.75 Å². The van der Waals surface area contributed by atoms with E-state index < -0.39 is 4.92 Å². The van der Waals surface area contributed by atoms with Crippen molar-refractivity contribution in [2.24, 2.45) is 0 Å². The maximum Gasteiger partial charge on any atom is 0.276 e. The van der Waals surface area contributed by atoms with Crippen LogP contribution in [0.5, 0.6) is 5.75 Å². The summed E-state index contributed by atoms with van der Waals surface area (Å²) in [5.41, 5.74) is 1.79. The molecule has 0 amide bonds. The minimum atomic E-state index is -0.467. The van der Waals surface area contributed by atoms with E-state index in [0.29, 0.717) is 22.0 Å². The number of ether oxygens (including phenoxy) is 1. The number of hydrogen-bond donors (Lipinski definition) is 0. The molecule has 21 heavy (non-hydrogen) atoms. The largest absolute Gasteiger partial charge is 0.487 e. The van der Waals surface area contributed by atoms with Gasteiger partial charge in [0.05, 0.1) is 22.1 Å². The third-order valence-corrected chi connectivity index (χ3v) is 3.31. The summed E-state index contributed by atoms with van der Waals surface area (Å²) in [6.45, 7) is 1.87. The maximum absolute atomic E-state index is 11.0. The second-order valence-corrected chi connectivity index (χ2v) is 5.05. The predicted octanol–water partition coefficient (Wildman–Crippen LogP) is 4.27. The molecule has 2 aromatic rings. The Bertz CT molecular complexity index is 677. The van der Waals surface area contributed by atoms with Gasteiger partial charge < -0.3 is 4.74 Å². The van der Waals surface area contributed by atoms with Gasteiger partial charge in [0.2, 0.25) is 0 Å². The molecule has 0 aliphatic carbocycles. The van der Waals surface area contributed by atoms with E-state index in [9.17, 15) is 10.1 Å². The van der Waals surface area contributed by atoms with Crippen molar-refractivity contribution in [1.82, 2.24) is 4.98 Å². The van der Waals surface area contributed by atoms with Gasteiger partial charge in [0.1, 0.15) is 12.4 Å². The summed E-state index contributed by atoms with van der Waals surface area (Å²) >= 11 is 11.7. The lowest BCUT2D eigenvalue weighted by Gasteiger charge is -2.10. The molecule has 0 bridgehead atoms. The summed E-state index contributed by atoms with van der Waals surface area (Å²) in [6, 6.07) is 7.88. The van der Waals surface area contributed by atoms with Crippen LogP contribution in [0.15, 0.2) is 30.3 Å². The molecule has 0 saturated heterocycles. The van der Waals surface area contributed by atoms with E-state index in [0.717, 1.165) is 5.69 Å². The van der Waals surface area contributed by atoms with Crippen LogP contribution in [-0.4, -0.2) is 9.91 Å². The molecule has 0 aliphatic rings. The van der Waals surface area contributed by atoms with Crippen LogP contribution >= 0.6 is 23.2 Å². The molecule has 0 unspecified atom stereocenters. The Hall–Kier alpha value is -1.85. The van der Waals surface area contributed by atoms with Crippen molar-refractivity contribution in [3.63, 3.8) is 0 Å². The maximum atomic E-state index is 11.0. The molecule has 0 N–H and O–H groups in total. The molecule has 0 radical (unpaired) electrons. The Balaban J connectivity index is 2.24. The quantitative estimate of drug-likeness (QED) is 0.467. The highest BCUT2D eigenvalue weighted by atomic mass is 35.5. The third kappa shape index (κ3) is 3.83. The van der Waals surface area contributed by atoms with Crippen LogP contribution in [-0.2, 0) is 12.5 Å². The van der Waals surface area contributed by atoms with Crippen LogP contribution in [0, 0.1) is 17.0 Å². The molecule has 5 nitrogen and oxygen atoms in total. The summed E-state index contributed by atoms with van der Waals surface area (Å²) in [4.78, 5) is 14.8. The smallest absolute Gasteiger partial charge is 0.276 e. The van der Waals surface area contributed by atoms with Crippen molar-refractivity contribution in [1.29, 1.82) is 0 Å². The van der Waals surface area contributed by atoms with E-state index in [-0.39, 0.29) is 18.2 Å². The topological polar surface area (TPSA) is 65.3 Å². The van der Waals surface area contributed by atoms with Crippen LogP contribution in [0.3, 0.4) is 0 Å². The number of benzene rings is 1. The fraction of sp³-hybridized carbons (Fsp3) is 0.214. The summed E-state index contributed by atoms with van der Waals surface area (Å²) < 4.78 is 5.60. The lowest BCUT2D eigenvalue weighted by molar-refractivity contribution is -0.385. The van der Waals surface area contributed by atoms with E-state index in [1.807, 2.05) is 6.92 Å². The minimum Gasteiger partial charge on any atom is -0.487 e. The number of nitro benzene ring substituents is 1. The number of nitrogens with zero attached hydrogens (tertiary/aromatic N) is 2. The van der Waals surface area contributed by atoms with Crippen molar-refractivity contribution in [2.75, 3.05) is 0 Å². The SMILES string of the molecule is Cc1ccc(OCc2cc(Cl)ccc2[N+](=O)[O-])c(CCl)n1. The van der Waals surface area contributed by atoms with Crippen LogP contribution in [0.2, 0.25) is 5.02 Å². The van der Waals surface area contributed by atoms with Gasteiger partial charge >= 0.3 is 0 Å². The zero-order valence-corrected chi connectivity index (χ0v) is 12.7. The molecule has 0 aliphatic heterocycles. The summed E-state index contributed by atoms with van der Waals surface area (Å²) in [7, 11) is 0. The first-order chi connectivity index (χ1) is 10.0. The molecule has 1 aromatic heterocycles. The number of aromatic nitrogens is 1. The number of rotatable bonds is 5. The Morgan fingerprint density at radius 3 is 2.76 bits per heavy atom. The Morgan fingerprint density at radius 1 is 1.33 bits per heavy atom. The van der Waals surface area contributed by atoms with Gasteiger partial charge in [-0.2, -0.15) is 0 Å². The number of pyridine rings is 1. The Kier molecular flexibility index (Phi) is 4.98. The minimum absolute atomic E-state index is 0.0193. The van der Waals surface area contributed by atoms with Gasteiger partial charge in [0, 0.05) is 16.8 Å². The molecule has 0 atom stereocenters. The predicted molar refractivity (Wildman–Crippen MR) is 81.0 cm³/mol. The molecule has 1 aromatic carbocycles. The average Bonchev–Trinajstić information content (AvgIpc) is 2.45. The standard InChI is InChI=1S/C14H12Cl2N2O3/c1-9-2-5-14(12(7-15)17-9)21-8-10-6-11(16)3-4-13(10)18(19)20/h2-6H,7-8H2,1H3. The van der Waals surface area contributed by atoms with Gasteiger partial charge in [-0.1, -0.05) is 11.6 Å². The summed E-state index contributed by atoms with van der Waals surface area (Å²) in [6.07, 6.45) is 0. The van der Waals surface area contributed by atoms with E-state index in [1.54, 1.807) is 12.1 Å². The van der Waals surface area contributed by atoms with E-state index in [4.69, 9.17) is 27.9 Å². The molecule has 0 fully saturated rings. The average molecular weight is 327 g/mol. The summed E-state index contributed by atoms with van der Waals surface area (Å²) in [5.74, 6) is 0.708. The van der Waals surface area contributed by atoms with E-state index >= 15 is 0 Å². The number of aryl methyl sites for hydroxylation is 1. The normalized spacial score (nSPS) is 10.4. The second-order valence-electron chi connectivity index (χ2n) is 4.35. The summed E-state index contributed by atoms with van der Waals surface area (Å²) in [5, 5.41) is 11.4. The first-order valence-corrected chi connectivity index (χ1v) is 7.00. The third-order valence-electron chi connectivity index (χ3n) is 2.82. The Morgan fingerprint density at radius 2 is 2.10 bits per heavy atom. The second kappa shape index (κ2) is 6.74. The lowest BCUT2D eigenvalue weighted by atomic mass is 10.2. The van der Waals surface area contributed by atoms with Gasteiger partial charge in [-0.05, 0) is 31.2 Å². The fourth-order valence-electron chi connectivity index (χ4n) is 1.83. The zero-order chi connectivity index (χ0) is 15.4. The van der Waals surface area contributed by atoms with Gasteiger partial charge in [-0.15, -0.1) is 11.6 Å². The van der Waals surface area contributed by atoms with Crippen LogP contribution in [0.25, 0.3) is 0 Å². The first kappa shape index (κ1) is 15.5. The van der Waals surface area contributed by atoms with Crippen LogP contribution in [0.4, 0.5) is 5.69 Å². The van der Waals surface area contributed by atoms with Crippen molar-refractivity contribution in [3.05, 3.63) is 62.4 Å². The van der Waals surface area contributed by atoms with Gasteiger partial charge in [0.25, 0.3) is 5.69 Å². The molecule has 0 spiro atoms.